The summed E-state index contributed by atoms with van der Waals surface area (Å²) in [6.45, 7) is 2.60. The van der Waals surface area contributed by atoms with Crippen LogP contribution in [0.3, 0.4) is 0 Å². The summed E-state index contributed by atoms with van der Waals surface area (Å²) in [4.78, 5) is 14.0. The van der Waals surface area contributed by atoms with Crippen molar-refractivity contribution in [3.8, 4) is 0 Å². The summed E-state index contributed by atoms with van der Waals surface area (Å²) in [6.07, 6.45) is 0. The third kappa shape index (κ3) is 3.52. The number of amides is 1. The Kier molecular flexibility index (Phi) is 4.81. The van der Waals surface area contributed by atoms with Crippen LogP contribution in [0.5, 0.6) is 0 Å². The molecule has 0 spiro atoms. The first kappa shape index (κ1) is 15.3. The number of para-hydroxylation sites is 1. The molecule has 0 aromatic heterocycles. The largest absolute Gasteiger partial charge is 0.398 e. The van der Waals surface area contributed by atoms with Gasteiger partial charge in [0.1, 0.15) is 5.82 Å². The molecule has 0 aliphatic carbocycles. The highest BCUT2D eigenvalue weighted by atomic mass is 35.5. The molecule has 2 aromatic rings. The van der Waals surface area contributed by atoms with Gasteiger partial charge in [-0.25, -0.2) is 4.39 Å². The quantitative estimate of drug-likeness (QED) is 0.875. The molecular formula is C16H16ClFN2O. The average molecular weight is 307 g/mol. The lowest BCUT2D eigenvalue weighted by molar-refractivity contribution is 0.0748. The fraction of sp³-hybridized carbons (Fsp3) is 0.188. The lowest BCUT2D eigenvalue weighted by atomic mass is 10.1. The Bertz CT molecular complexity index is 660. The molecule has 0 unspecified atom stereocenters. The summed E-state index contributed by atoms with van der Waals surface area (Å²) in [5, 5.41) is 0.329. The lowest BCUT2D eigenvalue weighted by Crippen LogP contribution is -2.31. The summed E-state index contributed by atoms with van der Waals surface area (Å²) in [6, 6.07) is 11.3. The highest BCUT2D eigenvalue weighted by molar-refractivity contribution is 6.31. The van der Waals surface area contributed by atoms with Gasteiger partial charge in [-0.1, -0.05) is 29.8 Å². The van der Waals surface area contributed by atoms with Crippen molar-refractivity contribution < 1.29 is 9.18 Å². The number of nitrogens with zero attached hydrogens (tertiary/aromatic N) is 1. The number of rotatable bonds is 4. The second-order valence-electron chi connectivity index (χ2n) is 4.64. The van der Waals surface area contributed by atoms with Crippen molar-refractivity contribution >= 4 is 23.2 Å². The van der Waals surface area contributed by atoms with Crippen molar-refractivity contribution in [1.82, 2.24) is 4.90 Å². The zero-order valence-corrected chi connectivity index (χ0v) is 12.4. The van der Waals surface area contributed by atoms with Crippen molar-refractivity contribution in [2.24, 2.45) is 0 Å². The molecule has 0 aliphatic rings. The van der Waals surface area contributed by atoms with Gasteiger partial charge in [-0.15, -0.1) is 0 Å². The molecule has 2 rings (SSSR count). The lowest BCUT2D eigenvalue weighted by Gasteiger charge is -2.22. The van der Waals surface area contributed by atoms with Crippen LogP contribution in [-0.2, 0) is 6.54 Å². The Morgan fingerprint density at radius 2 is 2.00 bits per heavy atom. The maximum Gasteiger partial charge on any atom is 0.257 e. The second kappa shape index (κ2) is 6.59. The number of benzene rings is 2. The van der Waals surface area contributed by atoms with Gasteiger partial charge in [-0.3, -0.25) is 4.79 Å². The molecule has 2 N–H and O–H groups in total. The summed E-state index contributed by atoms with van der Waals surface area (Å²) < 4.78 is 13.8. The maximum atomic E-state index is 13.8. The second-order valence-corrected chi connectivity index (χ2v) is 5.08. The first-order valence-electron chi connectivity index (χ1n) is 6.60. The Hall–Kier alpha value is -2.07. The van der Waals surface area contributed by atoms with Crippen LogP contribution in [0.25, 0.3) is 0 Å². The zero-order valence-electron chi connectivity index (χ0n) is 11.6. The summed E-state index contributed by atoms with van der Waals surface area (Å²) in [5.41, 5.74) is 7.29. The van der Waals surface area contributed by atoms with E-state index < -0.39 is 11.7 Å². The number of carbonyl (C=O) groups is 1. The van der Waals surface area contributed by atoms with Crippen LogP contribution in [0.2, 0.25) is 5.02 Å². The van der Waals surface area contributed by atoms with Gasteiger partial charge in [0.05, 0.1) is 5.56 Å². The van der Waals surface area contributed by atoms with Gasteiger partial charge in [-0.05, 0) is 36.8 Å². The first-order valence-corrected chi connectivity index (χ1v) is 6.98. The molecule has 1 amide bonds. The Labute approximate surface area is 128 Å². The van der Waals surface area contributed by atoms with Crippen molar-refractivity contribution in [2.45, 2.75) is 13.5 Å². The minimum absolute atomic E-state index is 0.0288. The van der Waals surface area contributed by atoms with E-state index in [-0.39, 0.29) is 5.56 Å². The van der Waals surface area contributed by atoms with Gasteiger partial charge in [-0.2, -0.15) is 0 Å². The molecule has 2 aromatic carbocycles. The fourth-order valence-corrected chi connectivity index (χ4v) is 2.21. The van der Waals surface area contributed by atoms with Crippen LogP contribution < -0.4 is 5.73 Å². The normalized spacial score (nSPS) is 10.4. The van der Waals surface area contributed by atoms with Crippen LogP contribution in [0, 0.1) is 5.82 Å². The average Bonchev–Trinajstić information content (AvgIpc) is 2.48. The number of halogens is 2. The van der Waals surface area contributed by atoms with E-state index in [1.807, 2.05) is 25.1 Å². The number of hydrogen-bond donors (Lipinski definition) is 1. The van der Waals surface area contributed by atoms with Gasteiger partial charge in [0.15, 0.2) is 0 Å². The predicted molar refractivity (Wildman–Crippen MR) is 82.7 cm³/mol. The van der Waals surface area contributed by atoms with E-state index in [9.17, 15) is 9.18 Å². The number of carbonyl (C=O) groups excluding carboxylic acids is 1. The van der Waals surface area contributed by atoms with Gasteiger partial charge < -0.3 is 10.6 Å². The first-order chi connectivity index (χ1) is 10.0. The van der Waals surface area contributed by atoms with Crippen LogP contribution in [0.15, 0.2) is 42.5 Å². The topological polar surface area (TPSA) is 46.3 Å². The molecule has 0 saturated heterocycles. The smallest absolute Gasteiger partial charge is 0.257 e. The summed E-state index contributed by atoms with van der Waals surface area (Å²) in [7, 11) is 0. The molecule has 0 atom stereocenters. The van der Waals surface area contributed by atoms with E-state index in [1.165, 1.54) is 23.1 Å². The van der Waals surface area contributed by atoms with E-state index in [0.29, 0.717) is 23.8 Å². The highest BCUT2D eigenvalue weighted by Gasteiger charge is 2.19. The Morgan fingerprint density at radius 3 is 2.67 bits per heavy atom. The van der Waals surface area contributed by atoms with Crippen LogP contribution in [-0.4, -0.2) is 17.4 Å². The van der Waals surface area contributed by atoms with Crippen LogP contribution in [0.1, 0.15) is 22.8 Å². The number of nitrogens with two attached hydrogens (primary N) is 1. The van der Waals surface area contributed by atoms with Crippen molar-refractivity contribution in [3.05, 3.63) is 64.4 Å². The number of nitrogen functional groups attached to an aromatic ring is 1. The van der Waals surface area contributed by atoms with Gasteiger partial charge in [0, 0.05) is 23.8 Å². The molecule has 0 aliphatic heterocycles. The third-order valence-corrected chi connectivity index (χ3v) is 3.48. The van der Waals surface area contributed by atoms with Crippen LogP contribution in [0.4, 0.5) is 10.1 Å². The molecule has 0 radical (unpaired) electrons. The van der Waals surface area contributed by atoms with Crippen molar-refractivity contribution in [3.63, 3.8) is 0 Å². The zero-order chi connectivity index (χ0) is 15.4. The minimum Gasteiger partial charge on any atom is -0.398 e. The van der Waals surface area contributed by atoms with E-state index in [4.69, 9.17) is 17.3 Å². The molecule has 0 saturated carbocycles. The van der Waals surface area contributed by atoms with Crippen LogP contribution >= 0.6 is 11.6 Å². The Balaban J connectivity index is 2.27. The maximum absolute atomic E-state index is 13.8. The molecular weight excluding hydrogens is 291 g/mol. The molecule has 3 nitrogen and oxygen atoms in total. The van der Waals surface area contributed by atoms with Gasteiger partial charge in [0.2, 0.25) is 0 Å². The summed E-state index contributed by atoms with van der Waals surface area (Å²) >= 11 is 5.84. The standard InChI is InChI=1S/C16H16ClFN2O/c1-2-20(10-11-5-3-4-6-15(11)19)16(21)13-9-12(17)7-8-14(13)18/h3-9H,2,10,19H2,1H3. The van der Waals surface area contributed by atoms with Crippen molar-refractivity contribution in [1.29, 1.82) is 0 Å². The van der Waals surface area contributed by atoms with E-state index >= 15 is 0 Å². The van der Waals surface area contributed by atoms with Crippen molar-refractivity contribution in [2.75, 3.05) is 12.3 Å². The molecule has 0 bridgehead atoms. The van der Waals surface area contributed by atoms with Gasteiger partial charge in [0.25, 0.3) is 5.91 Å². The summed E-state index contributed by atoms with van der Waals surface area (Å²) in [5.74, 6) is -0.982. The number of anilines is 1. The minimum atomic E-state index is -0.580. The Morgan fingerprint density at radius 1 is 1.29 bits per heavy atom. The van der Waals surface area contributed by atoms with E-state index in [1.54, 1.807) is 6.07 Å². The SMILES string of the molecule is CCN(Cc1ccccc1N)C(=O)c1cc(Cl)ccc1F. The molecule has 110 valence electrons. The highest BCUT2D eigenvalue weighted by Crippen LogP contribution is 2.19. The third-order valence-electron chi connectivity index (χ3n) is 3.24. The molecule has 21 heavy (non-hydrogen) atoms. The molecule has 5 heteroatoms. The molecule has 0 heterocycles. The monoisotopic (exact) mass is 306 g/mol. The predicted octanol–water partition coefficient (Wildman–Crippen LogP) is 3.72. The molecule has 0 fully saturated rings. The van der Waals surface area contributed by atoms with E-state index in [2.05, 4.69) is 0 Å². The fourth-order valence-electron chi connectivity index (χ4n) is 2.04. The van der Waals surface area contributed by atoms with E-state index in [0.717, 1.165) is 5.56 Å². The number of hydrogen-bond acceptors (Lipinski definition) is 2. The van der Waals surface area contributed by atoms with Gasteiger partial charge >= 0.3 is 0 Å².